The van der Waals surface area contributed by atoms with E-state index in [-0.39, 0.29) is 23.7 Å². The van der Waals surface area contributed by atoms with Crippen LogP contribution in [0.1, 0.15) is 28.4 Å². The number of likely N-dealkylation sites (N-methyl/N-ethyl adjacent to an activating group) is 1. The fraction of sp³-hybridized carbons (Fsp3) is 0.263. The van der Waals surface area contributed by atoms with Gasteiger partial charge in [-0.25, -0.2) is 0 Å². The van der Waals surface area contributed by atoms with Gasteiger partial charge < -0.3 is 10.2 Å². The summed E-state index contributed by atoms with van der Waals surface area (Å²) in [6.45, 7) is 2.34. The number of rotatable bonds is 7. The highest BCUT2D eigenvalue weighted by atomic mass is 16.6. The average molecular weight is 355 g/mol. The van der Waals surface area contributed by atoms with Gasteiger partial charge in [-0.1, -0.05) is 37.3 Å². The van der Waals surface area contributed by atoms with Gasteiger partial charge in [0.05, 0.1) is 11.5 Å². The number of non-ortho nitro benzene ring substituents is 1. The molecule has 0 aliphatic rings. The summed E-state index contributed by atoms with van der Waals surface area (Å²) in [6, 6.07) is 13.4. The predicted molar refractivity (Wildman–Crippen MR) is 97.7 cm³/mol. The molecule has 136 valence electrons. The monoisotopic (exact) mass is 355 g/mol. The van der Waals surface area contributed by atoms with E-state index in [4.69, 9.17) is 0 Å². The molecule has 2 rings (SSSR count). The zero-order chi connectivity index (χ0) is 19.1. The van der Waals surface area contributed by atoms with E-state index in [1.54, 1.807) is 7.05 Å². The lowest BCUT2D eigenvalue weighted by Crippen LogP contribution is -2.37. The van der Waals surface area contributed by atoms with Crippen molar-refractivity contribution in [3.8, 4) is 0 Å². The number of aryl methyl sites for hydroxylation is 1. The Morgan fingerprint density at radius 1 is 1.12 bits per heavy atom. The number of carbonyl (C=O) groups is 2. The molecular weight excluding hydrogens is 334 g/mol. The standard InChI is InChI=1S/C19H21N3O4/c1-3-14-7-9-15(10-8-14)13-21(2)18(23)12-20-19(24)16-5-4-6-17(11-16)22(25)26/h4-11H,3,12-13H2,1-2H3,(H,20,24). The summed E-state index contributed by atoms with van der Waals surface area (Å²) in [5, 5.41) is 13.3. The molecule has 0 aliphatic heterocycles. The molecule has 2 amide bonds. The molecule has 0 unspecified atom stereocenters. The highest BCUT2D eigenvalue weighted by Crippen LogP contribution is 2.13. The molecule has 26 heavy (non-hydrogen) atoms. The summed E-state index contributed by atoms with van der Waals surface area (Å²) in [4.78, 5) is 36.0. The van der Waals surface area contributed by atoms with Crippen LogP contribution in [-0.4, -0.2) is 35.2 Å². The number of hydrogen-bond acceptors (Lipinski definition) is 4. The number of benzene rings is 2. The lowest BCUT2D eigenvalue weighted by Gasteiger charge is -2.18. The van der Waals surface area contributed by atoms with Gasteiger partial charge in [-0.3, -0.25) is 19.7 Å². The Morgan fingerprint density at radius 3 is 2.38 bits per heavy atom. The quantitative estimate of drug-likeness (QED) is 0.610. The third kappa shape index (κ3) is 5.14. The number of hydrogen-bond donors (Lipinski definition) is 1. The number of nitrogens with one attached hydrogen (secondary N) is 1. The summed E-state index contributed by atoms with van der Waals surface area (Å²) in [5.41, 5.74) is 2.21. The predicted octanol–water partition coefficient (Wildman–Crippen LogP) is 2.55. The molecule has 0 heterocycles. The Balaban J connectivity index is 1.89. The maximum absolute atomic E-state index is 12.2. The van der Waals surface area contributed by atoms with Gasteiger partial charge >= 0.3 is 0 Å². The van der Waals surface area contributed by atoms with Gasteiger partial charge in [0.2, 0.25) is 5.91 Å². The molecule has 2 aromatic carbocycles. The number of amides is 2. The molecule has 7 heteroatoms. The van der Waals surface area contributed by atoms with E-state index < -0.39 is 10.8 Å². The molecule has 1 N–H and O–H groups in total. The molecule has 0 radical (unpaired) electrons. The van der Waals surface area contributed by atoms with Crippen LogP contribution in [0.3, 0.4) is 0 Å². The third-order valence-electron chi connectivity index (χ3n) is 4.00. The van der Waals surface area contributed by atoms with Gasteiger partial charge in [-0.2, -0.15) is 0 Å². The summed E-state index contributed by atoms with van der Waals surface area (Å²) in [7, 11) is 1.66. The normalized spacial score (nSPS) is 10.2. The average Bonchev–Trinajstić information content (AvgIpc) is 2.66. The van der Waals surface area contributed by atoms with Crippen LogP contribution in [0, 0.1) is 10.1 Å². The minimum Gasteiger partial charge on any atom is -0.343 e. The zero-order valence-electron chi connectivity index (χ0n) is 14.8. The molecule has 0 aromatic heterocycles. The minimum absolute atomic E-state index is 0.143. The minimum atomic E-state index is -0.570. The molecule has 0 bridgehead atoms. The number of nitro benzene ring substituents is 1. The molecule has 0 spiro atoms. The summed E-state index contributed by atoms with van der Waals surface area (Å²) >= 11 is 0. The topological polar surface area (TPSA) is 92.6 Å². The van der Waals surface area contributed by atoms with Gasteiger partial charge in [-0.15, -0.1) is 0 Å². The molecule has 0 atom stereocenters. The van der Waals surface area contributed by atoms with Crippen LogP contribution >= 0.6 is 0 Å². The van der Waals surface area contributed by atoms with Crippen molar-refractivity contribution in [3.63, 3.8) is 0 Å². The maximum Gasteiger partial charge on any atom is 0.270 e. The van der Waals surface area contributed by atoms with Crippen LogP contribution in [0.4, 0.5) is 5.69 Å². The second-order valence-corrected chi connectivity index (χ2v) is 5.91. The van der Waals surface area contributed by atoms with Crippen molar-refractivity contribution >= 4 is 17.5 Å². The van der Waals surface area contributed by atoms with Crippen molar-refractivity contribution < 1.29 is 14.5 Å². The molecule has 0 saturated heterocycles. The van der Waals surface area contributed by atoms with Gasteiger partial charge in [0, 0.05) is 31.3 Å². The third-order valence-corrected chi connectivity index (χ3v) is 4.00. The van der Waals surface area contributed by atoms with Crippen LogP contribution < -0.4 is 5.32 Å². The molecule has 2 aromatic rings. The van der Waals surface area contributed by atoms with Gasteiger partial charge in [0.1, 0.15) is 0 Å². The van der Waals surface area contributed by atoms with Crippen LogP contribution in [0.5, 0.6) is 0 Å². The Morgan fingerprint density at radius 2 is 1.77 bits per heavy atom. The summed E-state index contributed by atoms with van der Waals surface area (Å²) in [5.74, 6) is -0.772. The van der Waals surface area contributed by atoms with Crippen LogP contribution in [0.2, 0.25) is 0 Å². The first kappa shape index (κ1) is 19.1. The highest BCUT2D eigenvalue weighted by molar-refractivity contribution is 5.96. The Bertz CT molecular complexity index is 803. The first-order chi connectivity index (χ1) is 12.4. The molecule has 0 fully saturated rings. The van der Waals surface area contributed by atoms with Crippen molar-refractivity contribution in [2.75, 3.05) is 13.6 Å². The van der Waals surface area contributed by atoms with E-state index in [9.17, 15) is 19.7 Å². The molecule has 0 saturated carbocycles. The maximum atomic E-state index is 12.2. The summed E-state index contributed by atoms with van der Waals surface area (Å²) in [6.07, 6.45) is 0.957. The van der Waals surface area contributed by atoms with Crippen molar-refractivity contribution in [1.29, 1.82) is 0 Å². The first-order valence-electron chi connectivity index (χ1n) is 8.25. The number of carbonyl (C=O) groups excluding carboxylic acids is 2. The number of nitrogens with zero attached hydrogens (tertiary/aromatic N) is 2. The molecule has 0 aliphatic carbocycles. The lowest BCUT2D eigenvalue weighted by molar-refractivity contribution is -0.384. The molecular formula is C19H21N3O4. The lowest BCUT2D eigenvalue weighted by atomic mass is 10.1. The van der Waals surface area contributed by atoms with E-state index in [2.05, 4.69) is 12.2 Å². The summed E-state index contributed by atoms with van der Waals surface area (Å²) < 4.78 is 0. The van der Waals surface area contributed by atoms with Crippen LogP contribution in [0.25, 0.3) is 0 Å². The van der Waals surface area contributed by atoms with E-state index in [1.807, 2.05) is 24.3 Å². The smallest absolute Gasteiger partial charge is 0.270 e. The van der Waals surface area contributed by atoms with E-state index >= 15 is 0 Å². The van der Waals surface area contributed by atoms with Gasteiger partial charge in [-0.05, 0) is 23.6 Å². The fourth-order valence-corrected chi connectivity index (χ4v) is 2.40. The van der Waals surface area contributed by atoms with Crippen LogP contribution in [-0.2, 0) is 17.8 Å². The van der Waals surface area contributed by atoms with Crippen LogP contribution in [0.15, 0.2) is 48.5 Å². The molecule has 7 nitrogen and oxygen atoms in total. The second kappa shape index (κ2) is 8.75. The van der Waals surface area contributed by atoms with Gasteiger partial charge in [0.15, 0.2) is 0 Å². The van der Waals surface area contributed by atoms with Crippen molar-refractivity contribution in [2.24, 2.45) is 0 Å². The van der Waals surface area contributed by atoms with Crippen molar-refractivity contribution in [1.82, 2.24) is 10.2 Å². The zero-order valence-corrected chi connectivity index (χ0v) is 14.8. The fourth-order valence-electron chi connectivity index (χ4n) is 2.40. The van der Waals surface area contributed by atoms with Crippen molar-refractivity contribution in [3.05, 3.63) is 75.3 Å². The Kier molecular flexibility index (Phi) is 6.43. The Hall–Kier alpha value is -3.22. The van der Waals surface area contributed by atoms with E-state index in [0.29, 0.717) is 6.54 Å². The first-order valence-corrected chi connectivity index (χ1v) is 8.25. The largest absolute Gasteiger partial charge is 0.343 e. The highest BCUT2D eigenvalue weighted by Gasteiger charge is 2.14. The van der Waals surface area contributed by atoms with E-state index in [1.165, 1.54) is 34.7 Å². The van der Waals surface area contributed by atoms with Crippen molar-refractivity contribution in [2.45, 2.75) is 19.9 Å². The van der Waals surface area contributed by atoms with E-state index in [0.717, 1.165) is 12.0 Å². The van der Waals surface area contributed by atoms with Gasteiger partial charge in [0.25, 0.3) is 11.6 Å². The second-order valence-electron chi connectivity index (χ2n) is 5.91. The SMILES string of the molecule is CCc1ccc(CN(C)C(=O)CNC(=O)c2cccc([N+](=O)[O-])c2)cc1. The Labute approximate surface area is 151 Å². The number of nitro groups is 1.